The second-order valence-electron chi connectivity index (χ2n) is 7.64. The molecule has 10 heteroatoms. The molecule has 0 unspecified atom stereocenters. The number of aromatic amines is 1. The Bertz CT molecular complexity index is 1190. The van der Waals surface area contributed by atoms with Gasteiger partial charge in [-0.3, -0.25) is 5.10 Å². The third-order valence-corrected chi connectivity index (χ3v) is 6.48. The van der Waals surface area contributed by atoms with Gasteiger partial charge in [-0.05, 0) is 24.5 Å². The van der Waals surface area contributed by atoms with Crippen molar-refractivity contribution in [2.75, 3.05) is 16.8 Å². The highest BCUT2D eigenvalue weighted by atomic mass is 32.1. The van der Waals surface area contributed by atoms with E-state index in [0.29, 0.717) is 17.1 Å². The minimum Gasteiger partial charge on any atom is -0.352 e. The molecule has 0 bridgehead atoms. The van der Waals surface area contributed by atoms with Gasteiger partial charge < -0.3 is 14.8 Å². The van der Waals surface area contributed by atoms with Crippen LogP contribution in [0.1, 0.15) is 29.3 Å². The van der Waals surface area contributed by atoms with Gasteiger partial charge in [0, 0.05) is 42.8 Å². The lowest BCUT2D eigenvalue weighted by Crippen LogP contribution is -2.24. The van der Waals surface area contributed by atoms with Crippen LogP contribution in [0.5, 0.6) is 0 Å². The molecular weight excluding hydrogens is 403 g/mol. The predicted molar refractivity (Wildman–Crippen MR) is 112 cm³/mol. The fraction of sp³-hybridized carbons (Fsp3) is 0.300. The van der Waals surface area contributed by atoms with Gasteiger partial charge in [0.05, 0.1) is 29.8 Å². The zero-order chi connectivity index (χ0) is 20.1. The summed E-state index contributed by atoms with van der Waals surface area (Å²) in [6.07, 6.45) is 12.0. The summed E-state index contributed by atoms with van der Waals surface area (Å²) in [5.41, 5.74) is 3.22. The van der Waals surface area contributed by atoms with Crippen molar-refractivity contribution in [1.82, 2.24) is 29.7 Å². The lowest BCUT2D eigenvalue weighted by Gasteiger charge is -2.21. The number of anilines is 3. The van der Waals surface area contributed by atoms with Gasteiger partial charge in [-0.25, -0.2) is 19.3 Å². The number of halogens is 1. The highest BCUT2D eigenvalue weighted by Crippen LogP contribution is 2.40. The largest absolute Gasteiger partial charge is 0.352 e. The fourth-order valence-electron chi connectivity index (χ4n) is 3.83. The zero-order valence-electron chi connectivity index (χ0n) is 16.0. The first-order chi connectivity index (χ1) is 14.7. The molecule has 0 radical (unpaired) electrons. The Morgan fingerprint density at radius 1 is 1.23 bits per heavy atom. The molecule has 30 heavy (non-hydrogen) atoms. The Labute approximate surface area is 175 Å². The summed E-state index contributed by atoms with van der Waals surface area (Å²) in [4.78, 5) is 16.2. The van der Waals surface area contributed by atoms with Crippen molar-refractivity contribution in [3.8, 4) is 11.3 Å². The van der Waals surface area contributed by atoms with Crippen molar-refractivity contribution >= 4 is 28.2 Å². The van der Waals surface area contributed by atoms with Crippen LogP contribution in [-0.2, 0) is 13.0 Å². The van der Waals surface area contributed by atoms with Crippen molar-refractivity contribution in [3.05, 3.63) is 53.3 Å². The van der Waals surface area contributed by atoms with E-state index in [4.69, 9.17) is 4.98 Å². The molecule has 2 aliphatic rings. The fourth-order valence-corrected chi connectivity index (χ4v) is 4.79. The van der Waals surface area contributed by atoms with Crippen LogP contribution in [0.2, 0.25) is 0 Å². The summed E-state index contributed by atoms with van der Waals surface area (Å²) in [5, 5.41) is 11.2. The van der Waals surface area contributed by atoms with Crippen LogP contribution in [0, 0.1) is 5.82 Å². The van der Waals surface area contributed by atoms with E-state index in [1.54, 1.807) is 11.3 Å². The highest BCUT2D eigenvalue weighted by molar-refractivity contribution is 7.16. The van der Waals surface area contributed by atoms with E-state index in [9.17, 15) is 4.39 Å². The number of aromatic nitrogens is 6. The Morgan fingerprint density at radius 3 is 2.93 bits per heavy atom. The summed E-state index contributed by atoms with van der Waals surface area (Å²) < 4.78 is 15.4. The second kappa shape index (κ2) is 6.91. The number of fused-ring (bicyclic) bond motifs is 3. The minimum absolute atomic E-state index is 0.328. The number of rotatable bonds is 5. The van der Waals surface area contributed by atoms with Crippen molar-refractivity contribution in [2.24, 2.45) is 0 Å². The van der Waals surface area contributed by atoms with E-state index in [0.717, 1.165) is 49.0 Å². The predicted octanol–water partition coefficient (Wildman–Crippen LogP) is 3.91. The molecule has 0 atom stereocenters. The first kappa shape index (κ1) is 17.6. The monoisotopic (exact) mass is 422 g/mol. The van der Waals surface area contributed by atoms with Gasteiger partial charge >= 0.3 is 0 Å². The topological polar surface area (TPSA) is 87.5 Å². The van der Waals surface area contributed by atoms with Gasteiger partial charge in [-0.15, -0.1) is 11.3 Å². The van der Waals surface area contributed by atoms with E-state index in [-0.39, 0.29) is 0 Å². The van der Waals surface area contributed by atoms with Crippen LogP contribution < -0.4 is 10.2 Å². The van der Waals surface area contributed by atoms with Gasteiger partial charge in [-0.2, -0.15) is 5.10 Å². The molecule has 0 aromatic carbocycles. The van der Waals surface area contributed by atoms with E-state index >= 15 is 0 Å². The van der Waals surface area contributed by atoms with Crippen molar-refractivity contribution in [2.45, 2.75) is 31.8 Å². The smallest absolute Gasteiger partial charge is 0.229 e. The van der Waals surface area contributed by atoms with Crippen molar-refractivity contribution in [1.29, 1.82) is 0 Å². The van der Waals surface area contributed by atoms with Gasteiger partial charge in [0.1, 0.15) is 5.82 Å². The van der Waals surface area contributed by atoms with Crippen LogP contribution in [-0.4, -0.2) is 36.3 Å². The Kier molecular flexibility index (Phi) is 4.05. The molecule has 8 nitrogen and oxygen atoms in total. The number of nitrogens with zero attached hydrogens (tertiary/aromatic N) is 6. The van der Waals surface area contributed by atoms with Crippen LogP contribution in [0.15, 0.2) is 37.1 Å². The Hall–Kier alpha value is -3.27. The molecule has 2 N–H and O–H groups in total. The van der Waals surface area contributed by atoms with Crippen molar-refractivity contribution < 1.29 is 4.39 Å². The molecule has 6 rings (SSSR count). The third kappa shape index (κ3) is 3.22. The average Bonchev–Trinajstić information content (AvgIpc) is 3.16. The molecule has 0 spiro atoms. The van der Waals surface area contributed by atoms with E-state index in [2.05, 4.69) is 53.4 Å². The maximum Gasteiger partial charge on any atom is 0.229 e. The van der Waals surface area contributed by atoms with E-state index in [1.807, 2.05) is 6.20 Å². The molecule has 0 saturated heterocycles. The summed E-state index contributed by atoms with van der Waals surface area (Å²) >= 11 is 1.57. The molecule has 4 aromatic rings. The number of H-pyrrole nitrogens is 1. The molecule has 152 valence electrons. The average molecular weight is 422 g/mol. The zero-order valence-corrected chi connectivity index (χ0v) is 16.9. The summed E-state index contributed by atoms with van der Waals surface area (Å²) in [6, 6.07) is 2.90. The van der Waals surface area contributed by atoms with Crippen molar-refractivity contribution in [3.63, 3.8) is 0 Å². The van der Waals surface area contributed by atoms with E-state index in [1.165, 1.54) is 23.3 Å². The Morgan fingerprint density at radius 2 is 2.10 bits per heavy atom. The van der Waals surface area contributed by atoms with Crippen LogP contribution >= 0.6 is 11.3 Å². The summed E-state index contributed by atoms with van der Waals surface area (Å²) in [6.45, 7) is 1.70. The molecule has 1 fully saturated rings. The minimum atomic E-state index is -0.467. The Balaban J connectivity index is 1.26. The summed E-state index contributed by atoms with van der Waals surface area (Å²) in [7, 11) is 0. The van der Waals surface area contributed by atoms with Crippen LogP contribution in [0.4, 0.5) is 21.3 Å². The lowest BCUT2D eigenvalue weighted by molar-refractivity contribution is 0.614. The third-order valence-electron chi connectivity index (χ3n) is 5.45. The maximum absolute atomic E-state index is 13.0. The van der Waals surface area contributed by atoms with Gasteiger partial charge in [0.2, 0.25) is 5.95 Å². The number of hydrogen-bond acceptors (Lipinski definition) is 7. The highest BCUT2D eigenvalue weighted by Gasteiger charge is 2.27. The number of hydrogen-bond donors (Lipinski definition) is 2. The number of thiazole rings is 1. The lowest BCUT2D eigenvalue weighted by atomic mass is 10.2. The van der Waals surface area contributed by atoms with Gasteiger partial charge in [0.25, 0.3) is 0 Å². The molecule has 0 amide bonds. The quantitative estimate of drug-likeness (QED) is 0.507. The molecule has 1 aliphatic heterocycles. The molecule has 5 heterocycles. The second-order valence-corrected chi connectivity index (χ2v) is 8.73. The molecule has 4 aromatic heterocycles. The summed E-state index contributed by atoms with van der Waals surface area (Å²) in [5.74, 6) is 0.850. The van der Waals surface area contributed by atoms with Crippen LogP contribution in [0.25, 0.3) is 11.3 Å². The maximum atomic E-state index is 13.0. The SMILES string of the molecule is Fc1cnc(Nc2nc3c(s2)CCN(Cc2ccn(C4CC4)c2)c2[nH]ncc2-3)nc1. The molecular formula is C20H19FN8S. The molecule has 1 aliphatic carbocycles. The van der Waals surface area contributed by atoms with Crippen LogP contribution in [0.3, 0.4) is 0 Å². The number of nitrogens with one attached hydrogen (secondary N) is 2. The normalized spacial score (nSPS) is 15.6. The van der Waals surface area contributed by atoms with E-state index < -0.39 is 5.82 Å². The standard InChI is InChI=1S/C20H19FN8S/c21-13-7-22-19(23-8-13)26-20-25-17-15-9-24-27-18(15)29(6-4-16(17)30-20)11-12-3-5-28(10-12)14-1-2-14/h3,5,7-10,14H,1-2,4,6,11H2,(H,24,27)(H,22,23,25,26). The van der Waals surface area contributed by atoms with Gasteiger partial charge in [0.15, 0.2) is 10.9 Å². The van der Waals surface area contributed by atoms with Gasteiger partial charge in [-0.1, -0.05) is 0 Å². The first-order valence-corrected chi connectivity index (χ1v) is 10.7. The molecule has 1 saturated carbocycles. The first-order valence-electron chi connectivity index (χ1n) is 9.92.